The lowest BCUT2D eigenvalue weighted by Gasteiger charge is -2.07. The molecule has 0 bridgehead atoms. The lowest BCUT2D eigenvalue weighted by Crippen LogP contribution is -2.13. The molecule has 1 amide bonds. The SMILES string of the molecule is Cc1ccc(Cn2nc(C)c(C(=O)Nc3ccc4c(c3)OCO4)c2Cl)cc1. The number of fused-ring (bicyclic) bond motifs is 1. The van der Waals surface area contributed by atoms with Crippen LogP contribution in [0.1, 0.15) is 27.2 Å². The zero-order chi connectivity index (χ0) is 19.0. The van der Waals surface area contributed by atoms with E-state index in [2.05, 4.69) is 10.4 Å². The van der Waals surface area contributed by atoms with Gasteiger partial charge in [0.1, 0.15) is 5.15 Å². The summed E-state index contributed by atoms with van der Waals surface area (Å²) in [5.74, 6) is 0.949. The largest absolute Gasteiger partial charge is 0.454 e. The number of halogens is 1. The smallest absolute Gasteiger partial charge is 0.260 e. The van der Waals surface area contributed by atoms with Crippen molar-refractivity contribution in [3.8, 4) is 11.5 Å². The van der Waals surface area contributed by atoms with E-state index in [1.807, 2.05) is 31.2 Å². The molecule has 4 rings (SSSR count). The van der Waals surface area contributed by atoms with Gasteiger partial charge in [-0.2, -0.15) is 5.10 Å². The van der Waals surface area contributed by atoms with Gasteiger partial charge in [0.15, 0.2) is 11.5 Å². The number of carbonyl (C=O) groups excluding carboxylic acids is 1. The minimum Gasteiger partial charge on any atom is -0.454 e. The highest BCUT2D eigenvalue weighted by atomic mass is 35.5. The Labute approximate surface area is 161 Å². The Morgan fingerprint density at radius 1 is 1.15 bits per heavy atom. The van der Waals surface area contributed by atoms with E-state index in [0.717, 1.165) is 5.56 Å². The van der Waals surface area contributed by atoms with E-state index in [1.54, 1.807) is 29.8 Å². The monoisotopic (exact) mass is 383 g/mol. The fourth-order valence-corrected chi connectivity index (χ4v) is 3.27. The highest BCUT2D eigenvalue weighted by Crippen LogP contribution is 2.34. The van der Waals surface area contributed by atoms with Gasteiger partial charge in [0, 0.05) is 11.8 Å². The van der Waals surface area contributed by atoms with E-state index >= 15 is 0 Å². The number of hydrogen-bond acceptors (Lipinski definition) is 4. The number of nitrogens with zero attached hydrogens (tertiary/aromatic N) is 2. The Hall–Kier alpha value is -2.99. The van der Waals surface area contributed by atoms with E-state index in [0.29, 0.717) is 40.1 Å². The Bertz CT molecular complexity index is 1010. The summed E-state index contributed by atoms with van der Waals surface area (Å²) in [6.07, 6.45) is 0. The van der Waals surface area contributed by atoms with Crippen molar-refractivity contribution in [2.24, 2.45) is 0 Å². The number of nitrogens with one attached hydrogen (secondary N) is 1. The number of hydrogen-bond donors (Lipinski definition) is 1. The summed E-state index contributed by atoms with van der Waals surface area (Å²) >= 11 is 6.46. The first-order valence-electron chi connectivity index (χ1n) is 8.51. The van der Waals surface area contributed by atoms with Crippen molar-refractivity contribution >= 4 is 23.2 Å². The van der Waals surface area contributed by atoms with Crippen molar-refractivity contribution in [2.75, 3.05) is 12.1 Å². The number of benzene rings is 2. The number of carbonyl (C=O) groups is 1. The molecule has 2 aromatic carbocycles. The first kappa shape index (κ1) is 17.4. The van der Waals surface area contributed by atoms with Crippen LogP contribution >= 0.6 is 11.6 Å². The van der Waals surface area contributed by atoms with Gasteiger partial charge in [0.25, 0.3) is 5.91 Å². The summed E-state index contributed by atoms with van der Waals surface area (Å²) in [6.45, 7) is 4.49. The van der Waals surface area contributed by atoms with Crippen LogP contribution in [0.3, 0.4) is 0 Å². The zero-order valence-corrected chi connectivity index (χ0v) is 15.7. The second-order valence-electron chi connectivity index (χ2n) is 6.42. The van der Waals surface area contributed by atoms with Gasteiger partial charge in [0.2, 0.25) is 6.79 Å². The first-order chi connectivity index (χ1) is 13.0. The fourth-order valence-electron chi connectivity index (χ4n) is 2.95. The summed E-state index contributed by atoms with van der Waals surface area (Å²) in [5.41, 5.74) is 3.79. The minimum absolute atomic E-state index is 0.184. The van der Waals surface area contributed by atoms with Crippen molar-refractivity contribution in [1.29, 1.82) is 0 Å². The van der Waals surface area contributed by atoms with Gasteiger partial charge < -0.3 is 14.8 Å². The predicted molar refractivity (Wildman–Crippen MR) is 103 cm³/mol. The molecule has 27 heavy (non-hydrogen) atoms. The molecule has 7 heteroatoms. The van der Waals surface area contributed by atoms with Crippen LogP contribution < -0.4 is 14.8 Å². The molecule has 6 nitrogen and oxygen atoms in total. The Morgan fingerprint density at radius 2 is 1.89 bits per heavy atom. The molecule has 138 valence electrons. The van der Waals surface area contributed by atoms with Gasteiger partial charge >= 0.3 is 0 Å². The summed E-state index contributed by atoms with van der Waals surface area (Å²) < 4.78 is 12.3. The van der Waals surface area contributed by atoms with Crippen molar-refractivity contribution in [3.63, 3.8) is 0 Å². The molecule has 1 aliphatic heterocycles. The van der Waals surface area contributed by atoms with E-state index in [1.165, 1.54) is 5.56 Å². The summed E-state index contributed by atoms with van der Waals surface area (Å²) in [7, 11) is 0. The third-order valence-electron chi connectivity index (χ3n) is 4.38. The maximum absolute atomic E-state index is 12.7. The summed E-state index contributed by atoms with van der Waals surface area (Å²) in [5, 5.41) is 7.58. The third-order valence-corrected chi connectivity index (χ3v) is 4.76. The molecule has 0 unspecified atom stereocenters. The highest BCUT2D eigenvalue weighted by Gasteiger charge is 2.21. The number of aryl methyl sites for hydroxylation is 2. The molecule has 1 N–H and O–H groups in total. The van der Waals surface area contributed by atoms with Gasteiger partial charge in [-0.1, -0.05) is 41.4 Å². The van der Waals surface area contributed by atoms with Crippen LogP contribution in [0.4, 0.5) is 5.69 Å². The van der Waals surface area contributed by atoms with Crippen LogP contribution in [-0.2, 0) is 6.54 Å². The van der Waals surface area contributed by atoms with Gasteiger partial charge in [0.05, 0.1) is 17.8 Å². The lowest BCUT2D eigenvalue weighted by atomic mass is 10.1. The lowest BCUT2D eigenvalue weighted by molar-refractivity contribution is 0.102. The van der Waals surface area contributed by atoms with Crippen LogP contribution in [0.5, 0.6) is 11.5 Å². The second kappa shape index (κ2) is 6.96. The van der Waals surface area contributed by atoms with Gasteiger partial charge in [-0.15, -0.1) is 0 Å². The van der Waals surface area contributed by atoms with E-state index < -0.39 is 0 Å². The Morgan fingerprint density at radius 3 is 2.67 bits per heavy atom. The van der Waals surface area contributed by atoms with Crippen LogP contribution in [0.25, 0.3) is 0 Å². The van der Waals surface area contributed by atoms with Crippen molar-refractivity contribution < 1.29 is 14.3 Å². The topological polar surface area (TPSA) is 65.4 Å². The normalized spacial score (nSPS) is 12.3. The second-order valence-corrected chi connectivity index (χ2v) is 6.77. The average Bonchev–Trinajstić information content (AvgIpc) is 3.21. The van der Waals surface area contributed by atoms with E-state index in [4.69, 9.17) is 21.1 Å². The predicted octanol–water partition coefficient (Wildman–Crippen LogP) is 4.18. The average molecular weight is 384 g/mol. The number of amides is 1. The summed E-state index contributed by atoms with van der Waals surface area (Å²) in [4.78, 5) is 12.7. The van der Waals surface area contributed by atoms with Crippen molar-refractivity contribution in [1.82, 2.24) is 9.78 Å². The van der Waals surface area contributed by atoms with Crippen LogP contribution in [0.15, 0.2) is 42.5 Å². The van der Waals surface area contributed by atoms with Crippen LogP contribution in [0, 0.1) is 13.8 Å². The van der Waals surface area contributed by atoms with Crippen molar-refractivity contribution in [2.45, 2.75) is 20.4 Å². The van der Waals surface area contributed by atoms with Gasteiger partial charge in [-0.25, -0.2) is 4.68 Å². The Balaban J connectivity index is 1.55. The molecule has 0 spiro atoms. The fraction of sp³-hybridized carbons (Fsp3) is 0.200. The van der Waals surface area contributed by atoms with Crippen LogP contribution in [-0.4, -0.2) is 22.5 Å². The molecule has 2 heterocycles. The molecule has 0 atom stereocenters. The number of aromatic nitrogens is 2. The standard InChI is InChI=1S/C20H18ClN3O3/c1-12-3-5-14(6-4-12)10-24-19(21)18(13(2)23-24)20(25)22-15-7-8-16-17(9-15)27-11-26-16/h3-9H,10-11H2,1-2H3,(H,22,25). The quantitative estimate of drug-likeness (QED) is 0.733. The van der Waals surface area contributed by atoms with E-state index in [9.17, 15) is 4.79 Å². The molecular formula is C20H18ClN3O3. The maximum atomic E-state index is 12.7. The molecule has 0 aliphatic carbocycles. The number of anilines is 1. The molecule has 1 aromatic heterocycles. The molecule has 3 aromatic rings. The molecular weight excluding hydrogens is 366 g/mol. The third kappa shape index (κ3) is 3.48. The van der Waals surface area contributed by atoms with Crippen molar-refractivity contribution in [3.05, 3.63) is 70.0 Å². The zero-order valence-electron chi connectivity index (χ0n) is 15.0. The number of rotatable bonds is 4. The minimum atomic E-state index is -0.313. The van der Waals surface area contributed by atoms with Gasteiger partial charge in [-0.3, -0.25) is 4.79 Å². The molecule has 0 saturated heterocycles. The maximum Gasteiger partial charge on any atom is 0.260 e. The Kier molecular flexibility index (Phi) is 4.49. The molecule has 0 radical (unpaired) electrons. The molecule has 0 saturated carbocycles. The van der Waals surface area contributed by atoms with E-state index in [-0.39, 0.29) is 12.7 Å². The van der Waals surface area contributed by atoms with Gasteiger partial charge in [-0.05, 0) is 31.5 Å². The number of ether oxygens (including phenoxy) is 2. The summed E-state index contributed by atoms with van der Waals surface area (Å²) in [6, 6.07) is 13.3. The molecule has 0 fully saturated rings. The van der Waals surface area contributed by atoms with Crippen LogP contribution in [0.2, 0.25) is 5.15 Å². The molecule has 1 aliphatic rings. The highest BCUT2D eigenvalue weighted by molar-refractivity contribution is 6.33. The first-order valence-corrected chi connectivity index (χ1v) is 8.88.